The minimum atomic E-state index is -3.44. The van der Waals surface area contributed by atoms with Crippen LogP contribution in [0.5, 0.6) is 0 Å². The maximum absolute atomic E-state index is 12.0. The van der Waals surface area contributed by atoms with E-state index in [1.807, 2.05) is 0 Å². The predicted octanol–water partition coefficient (Wildman–Crippen LogP) is 0.689. The standard InChI is InChI=1S/C12H26N2O3S/c1-9(2)6-8-14-12(15)11(4)18(16,17)10(3)5-7-13/h9-11H,5-8,13H2,1-4H3,(H,14,15). The number of hydrogen-bond acceptors (Lipinski definition) is 4. The Morgan fingerprint density at radius 3 is 2.17 bits per heavy atom. The molecule has 0 aliphatic heterocycles. The van der Waals surface area contributed by atoms with Gasteiger partial charge in [0, 0.05) is 6.54 Å². The average Bonchev–Trinajstić information content (AvgIpc) is 2.27. The number of carbonyl (C=O) groups excluding carboxylic acids is 1. The lowest BCUT2D eigenvalue weighted by Crippen LogP contribution is -2.42. The monoisotopic (exact) mass is 278 g/mol. The van der Waals surface area contributed by atoms with E-state index in [2.05, 4.69) is 19.2 Å². The van der Waals surface area contributed by atoms with Gasteiger partial charge in [-0.05, 0) is 39.2 Å². The molecule has 0 spiro atoms. The molecule has 0 radical (unpaired) electrons. The first-order valence-corrected chi connectivity index (χ1v) is 8.04. The summed E-state index contributed by atoms with van der Waals surface area (Å²) in [4.78, 5) is 11.8. The van der Waals surface area contributed by atoms with Gasteiger partial charge in [0.2, 0.25) is 5.91 Å². The number of nitrogens with one attached hydrogen (secondary N) is 1. The zero-order valence-corrected chi connectivity index (χ0v) is 12.6. The number of carbonyl (C=O) groups is 1. The van der Waals surface area contributed by atoms with Crippen molar-refractivity contribution in [3.05, 3.63) is 0 Å². The van der Waals surface area contributed by atoms with Gasteiger partial charge in [-0.3, -0.25) is 4.79 Å². The first-order valence-electron chi connectivity index (χ1n) is 6.44. The third-order valence-electron chi connectivity index (χ3n) is 3.02. The van der Waals surface area contributed by atoms with E-state index in [-0.39, 0.29) is 0 Å². The zero-order valence-electron chi connectivity index (χ0n) is 11.8. The van der Waals surface area contributed by atoms with Crippen molar-refractivity contribution in [2.45, 2.75) is 51.0 Å². The molecule has 0 heterocycles. The predicted molar refractivity (Wildman–Crippen MR) is 74.0 cm³/mol. The van der Waals surface area contributed by atoms with Gasteiger partial charge in [-0.25, -0.2) is 8.42 Å². The Kier molecular flexibility index (Phi) is 7.47. The Morgan fingerprint density at radius 1 is 1.17 bits per heavy atom. The number of amides is 1. The summed E-state index contributed by atoms with van der Waals surface area (Å²) in [5.41, 5.74) is 5.35. The second kappa shape index (κ2) is 7.74. The minimum absolute atomic E-state index is 0.308. The summed E-state index contributed by atoms with van der Waals surface area (Å²) in [6, 6.07) is 0. The number of hydrogen-bond donors (Lipinski definition) is 2. The molecule has 0 aromatic carbocycles. The first kappa shape index (κ1) is 17.4. The van der Waals surface area contributed by atoms with Crippen molar-refractivity contribution in [2.75, 3.05) is 13.1 Å². The fourth-order valence-electron chi connectivity index (χ4n) is 1.52. The van der Waals surface area contributed by atoms with Crippen molar-refractivity contribution in [3.8, 4) is 0 Å². The lowest BCUT2D eigenvalue weighted by Gasteiger charge is -2.18. The quantitative estimate of drug-likeness (QED) is 0.683. The molecule has 0 rings (SSSR count). The van der Waals surface area contributed by atoms with Crippen molar-refractivity contribution in [3.63, 3.8) is 0 Å². The highest BCUT2D eigenvalue weighted by atomic mass is 32.2. The van der Waals surface area contributed by atoms with E-state index in [0.29, 0.717) is 25.4 Å². The molecule has 0 aliphatic carbocycles. The van der Waals surface area contributed by atoms with Crippen molar-refractivity contribution in [1.82, 2.24) is 5.32 Å². The van der Waals surface area contributed by atoms with Crippen LogP contribution in [0.4, 0.5) is 0 Å². The van der Waals surface area contributed by atoms with E-state index in [1.165, 1.54) is 6.92 Å². The van der Waals surface area contributed by atoms with Gasteiger partial charge in [-0.15, -0.1) is 0 Å². The van der Waals surface area contributed by atoms with Crippen LogP contribution in [0.25, 0.3) is 0 Å². The van der Waals surface area contributed by atoms with Crippen LogP contribution in [0, 0.1) is 5.92 Å². The van der Waals surface area contributed by atoms with Gasteiger partial charge in [0.05, 0.1) is 5.25 Å². The van der Waals surface area contributed by atoms with Crippen LogP contribution < -0.4 is 11.1 Å². The normalized spacial score (nSPS) is 15.4. The van der Waals surface area contributed by atoms with E-state index in [0.717, 1.165) is 6.42 Å². The smallest absolute Gasteiger partial charge is 0.238 e. The number of nitrogens with two attached hydrogens (primary N) is 1. The van der Waals surface area contributed by atoms with Gasteiger partial charge >= 0.3 is 0 Å². The van der Waals surface area contributed by atoms with Crippen LogP contribution in [0.3, 0.4) is 0 Å². The Labute approximate surface area is 110 Å². The summed E-state index contributed by atoms with van der Waals surface area (Å²) in [5.74, 6) is 0.0629. The van der Waals surface area contributed by atoms with Crippen LogP contribution in [0.1, 0.15) is 40.5 Å². The molecule has 2 unspecified atom stereocenters. The first-order chi connectivity index (χ1) is 8.23. The second-order valence-electron chi connectivity index (χ2n) is 5.09. The topological polar surface area (TPSA) is 89.3 Å². The third-order valence-corrected chi connectivity index (χ3v) is 5.57. The van der Waals surface area contributed by atoms with Gasteiger partial charge < -0.3 is 11.1 Å². The number of sulfone groups is 1. The minimum Gasteiger partial charge on any atom is -0.355 e. The van der Waals surface area contributed by atoms with Crippen molar-refractivity contribution in [2.24, 2.45) is 11.7 Å². The van der Waals surface area contributed by atoms with E-state index in [1.54, 1.807) is 6.92 Å². The van der Waals surface area contributed by atoms with Crippen LogP contribution in [-0.2, 0) is 14.6 Å². The average molecular weight is 278 g/mol. The Balaban J connectivity index is 4.44. The highest BCUT2D eigenvalue weighted by molar-refractivity contribution is 7.93. The van der Waals surface area contributed by atoms with Crippen molar-refractivity contribution < 1.29 is 13.2 Å². The highest BCUT2D eigenvalue weighted by Crippen LogP contribution is 2.12. The lowest BCUT2D eigenvalue weighted by molar-refractivity contribution is -0.120. The van der Waals surface area contributed by atoms with E-state index >= 15 is 0 Å². The Hall–Kier alpha value is -0.620. The summed E-state index contributed by atoms with van der Waals surface area (Å²) in [6.45, 7) is 7.96. The van der Waals surface area contributed by atoms with E-state index in [4.69, 9.17) is 5.73 Å². The fraction of sp³-hybridized carbons (Fsp3) is 0.917. The summed E-state index contributed by atoms with van der Waals surface area (Å²) in [7, 11) is -3.44. The molecule has 0 saturated carbocycles. The van der Waals surface area contributed by atoms with Gasteiger partial charge in [0.25, 0.3) is 0 Å². The summed E-state index contributed by atoms with van der Waals surface area (Å²) in [6.07, 6.45) is 1.23. The number of rotatable bonds is 8. The molecule has 0 aromatic heterocycles. The molecule has 108 valence electrons. The van der Waals surface area contributed by atoms with Crippen LogP contribution in [0.15, 0.2) is 0 Å². The van der Waals surface area contributed by atoms with Crippen molar-refractivity contribution in [1.29, 1.82) is 0 Å². The molecule has 5 nitrogen and oxygen atoms in total. The fourth-order valence-corrected chi connectivity index (χ4v) is 3.07. The Bertz CT molecular complexity index is 352. The van der Waals surface area contributed by atoms with Gasteiger partial charge in [0.1, 0.15) is 5.25 Å². The van der Waals surface area contributed by atoms with E-state index < -0.39 is 26.2 Å². The second-order valence-corrected chi connectivity index (χ2v) is 7.78. The molecule has 0 aromatic rings. The van der Waals surface area contributed by atoms with Gasteiger partial charge in [-0.1, -0.05) is 13.8 Å². The largest absolute Gasteiger partial charge is 0.355 e. The molecule has 18 heavy (non-hydrogen) atoms. The molecule has 0 bridgehead atoms. The maximum Gasteiger partial charge on any atom is 0.238 e. The lowest BCUT2D eigenvalue weighted by atomic mass is 10.1. The molecule has 1 amide bonds. The van der Waals surface area contributed by atoms with E-state index in [9.17, 15) is 13.2 Å². The molecular weight excluding hydrogens is 252 g/mol. The van der Waals surface area contributed by atoms with Crippen LogP contribution in [-0.4, -0.2) is 37.9 Å². The van der Waals surface area contributed by atoms with Crippen molar-refractivity contribution >= 4 is 15.7 Å². The third kappa shape index (κ3) is 5.35. The SMILES string of the molecule is CC(C)CCNC(=O)C(C)S(=O)(=O)C(C)CCN. The molecule has 2 atom stereocenters. The molecule has 0 aliphatic rings. The molecule has 6 heteroatoms. The Morgan fingerprint density at radius 2 is 1.72 bits per heavy atom. The summed E-state index contributed by atoms with van der Waals surface area (Å²) >= 11 is 0. The molecular formula is C12H26N2O3S. The molecule has 0 fully saturated rings. The van der Waals surface area contributed by atoms with Gasteiger partial charge in [-0.2, -0.15) is 0 Å². The van der Waals surface area contributed by atoms with Crippen LogP contribution in [0.2, 0.25) is 0 Å². The molecule has 3 N–H and O–H groups in total. The molecule has 0 saturated heterocycles. The maximum atomic E-state index is 12.0. The summed E-state index contributed by atoms with van der Waals surface area (Å²) in [5, 5.41) is 1.08. The van der Waals surface area contributed by atoms with Gasteiger partial charge in [0.15, 0.2) is 9.84 Å². The summed E-state index contributed by atoms with van der Waals surface area (Å²) < 4.78 is 24.1. The zero-order chi connectivity index (χ0) is 14.3. The van der Waals surface area contributed by atoms with Crippen LogP contribution >= 0.6 is 0 Å². The highest BCUT2D eigenvalue weighted by Gasteiger charge is 2.32.